The molecule has 1 heterocycles. The van der Waals surface area contributed by atoms with Crippen LogP contribution in [0.1, 0.15) is 21.6 Å². The van der Waals surface area contributed by atoms with Crippen LogP contribution in [0.4, 0.5) is 0 Å². The zero-order valence-electron chi connectivity index (χ0n) is 12.8. The monoisotopic (exact) mass is 312 g/mol. The molecule has 0 aliphatic heterocycles. The second kappa shape index (κ2) is 6.00. The maximum atomic E-state index is 11.1. The highest BCUT2D eigenvalue weighted by molar-refractivity contribution is 5.94. The van der Waals surface area contributed by atoms with Gasteiger partial charge in [0.25, 0.3) is 0 Å². The van der Waals surface area contributed by atoms with Crippen LogP contribution in [0.3, 0.4) is 0 Å². The Balaban J connectivity index is 1.98. The number of ether oxygens (including phenoxy) is 2. The molecule has 0 saturated heterocycles. The van der Waals surface area contributed by atoms with Crippen LogP contribution in [0.5, 0.6) is 11.5 Å². The fourth-order valence-corrected chi connectivity index (χ4v) is 2.53. The number of H-pyrrole nitrogens is 1. The van der Waals surface area contributed by atoms with Crippen LogP contribution in [-0.2, 0) is 6.42 Å². The average molecular weight is 312 g/mol. The number of hydrogen-bond donors (Lipinski definition) is 2. The van der Waals surface area contributed by atoms with E-state index < -0.39 is 5.97 Å². The number of nitrogens with one attached hydrogen (secondary N) is 1. The van der Waals surface area contributed by atoms with Crippen LogP contribution in [-0.4, -0.2) is 35.5 Å². The van der Waals surface area contributed by atoms with E-state index in [4.69, 9.17) is 14.6 Å². The summed E-state index contributed by atoms with van der Waals surface area (Å²) in [6, 6.07) is 10.6. The van der Waals surface area contributed by atoms with Gasteiger partial charge in [-0.2, -0.15) is 5.10 Å². The minimum absolute atomic E-state index is 0.243. The first-order valence-electron chi connectivity index (χ1n) is 7.03. The molecule has 3 rings (SSSR count). The fourth-order valence-electron chi connectivity index (χ4n) is 2.53. The van der Waals surface area contributed by atoms with Gasteiger partial charge in [0.15, 0.2) is 11.5 Å². The number of aromatic amines is 1. The minimum Gasteiger partial charge on any atom is -0.493 e. The van der Waals surface area contributed by atoms with E-state index in [2.05, 4.69) is 10.2 Å². The minimum atomic E-state index is -0.954. The summed E-state index contributed by atoms with van der Waals surface area (Å²) in [6.07, 6.45) is 0.583. The van der Waals surface area contributed by atoms with Gasteiger partial charge >= 0.3 is 5.97 Å². The Morgan fingerprint density at radius 2 is 1.91 bits per heavy atom. The molecule has 0 saturated carbocycles. The first kappa shape index (κ1) is 14.9. The van der Waals surface area contributed by atoms with E-state index in [1.54, 1.807) is 32.4 Å². The third-order valence-electron chi connectivity index (χ3n) is 3.71. The van der Waals surface area contributed by atoms with Crippen molar-refractivity contribution in [3.63, 3.8) is 0 Å². The van der Waals surface area contributed by atoms with Crippen molar-refractivity contribution in [3.8, 4) is 11.5 Å². The third kappa shape index (κ3) is 2.83. The molecule has 0 bridgehead atoms. The molecule has 2 N–H and O–H groups in total. The molecule has 0 unspecified atom stereocenters. The average Bonchev–Trinajstić information content (AvgIpc) is 2.96. The van der Waals surface area contributed by atoms with Crippen molar-refractivity contribution >= 4 is 16.9 Å². The van der Waals surface area contributed by atoms with Gasteiger partial charge < -0.3 is 14.6 Å². The predicted molar refractivity (Wildman–Crippen MR) is 85.4 cm³/mol. The Kier molecular flexibility index (Phi) is 3.89. The molecular formula is C17H16N2O4. The predicted octanol–water partition coefficient (Wildman–Crippen LogP) is 2.87. The maximum Gasteiger partial charge on any atom is 0.335 e. The molecule has 2 aromatic carbocycles. The Labute approximate surface area is 132 Å². The normalized spacial score (nSPS) is 10.7. The zero-order chi connectivity index (χ0) is 16.4. The quantitative estimate of drug-likeness (QED) is 0.757. The number of carbonyl (C=O) groups is 1. The van der Waals surface area contributed by atoms with Gasteiger partial charge in [0.1, 0.15) is 0 Å². The third-order valence-corrected chi connectivity index (χ3v) is 3.71. The number of aromatic nitrogens is 2. The van der Waals surface area contributed by atoms with Crippen molar-refractivity contribution in [3.05, 3.63) is 53.2 Å². The molecular weight excluding hydrogens is 296 g/mol. The molecule has 0 aliphatic rings. The van der Waals surface area contributed by atoms with E-state index in [-0.39, 0.29) is 5.56 Å². The van der Waals surface area contributed by atoms with Crippen LogP contribution < -0.4 is 9.47 Å². The summed E-state index contributed by atoms with van der Waals surface area (Å²) in [5.74, 6) is 0.365. The Morgan fingerprint density at radius 1 is 1.13 bits per heavy atom. The fraction of sp³-hybridized carbons (Fsp3) is 0.176. The maximum absolute atomic E-state index is 11.1. The van der Waals surface area contributed by atoms with E-state index in [1.165, 1.54) is 0 Å². The van der Waals surface area contributed by atoms with E-state index >= 15 is 0 Å². The van der Waals surface area contributed by atoms with Gasteiger partial charge in [0.2, 0.25) is 0 Å². The van der Waals surface area contributed by atoms with Gasteiger partial charge in [-0.25, -0.2) is 4.79 Å². The molecule has 0 spiro atoms. The van der Waals surface area contributed by atoms with Crippen molar-refractivity contribution < 1.29 is 19.4 Å². The standard InChI is InChI=1S/C17H16N2O4/c1-22-15-6-3-10(8-16(15)23-2)7-14-12-9-11(17(20)21)4-5-13(12)18-19-14/h3-6,8-9H,7H2,1-2H3,(H,18,19)(H,20,21). The van der Waals surface area contributed by atoms with E-state index in [9.17, 15) is 4.79 Å². The van der Waals surface area contributed by atoms with Crippen molar-refractivity contribution in [1.29, 1.82) is 0 Å². The molecule has 0 amide bonds. The van der Waals surface area contributed by atoms with Crippen LogP contribution in [0.25, 0.3) is 10.9 Å². The lowest BCUT2D eigenvalue weighted by molar-refractivity contribution is 0.0697. The molecule has 1 aromatic heterocycles. The van der Waals surface area contributed by atoms with Gasteiger partial charge in [0.05, 0.1) is 25.3 Å². The molecule has 118 valence electrons. The molecule has 0 aliphatic carbocycles. The SMILES string of the molecule is COc1ccc(Cc2[nH]nc3ccc(C(=O)O)cc23)cc1OC. The van der Waals surface area contributed by atoms with Crippen molar-refractivity contribution in [1.82, 2.24) is 10.2 Å². The molecule has 0 fully saturated rings. The van der Waals surface area contributed by atoms with Crippen molar-refractivity contribution in [2.45, 2.75) is 6.42 Å². The number of carboxylic acids is 1. The summed E-state index contributed by atoms with van der Waals surface area (Å²) in [4.78, 5) is 11.1. The summed E-state index contributed by atoms with van der Waals surface area (Å²) in [5, 5.41) is 17.1. The Bertz CT molecular complexity index is 870. The van der Waals surface area contributed by atoms with Gasteiger partial charge in [-0.3, -0.25) is 5.10 Å². The van der Waals surface area contributed by atoms with E-state index in [0.717, 1.165) is 22.2 Å². The van der Waals surface area contributed by atoms with Crippen LogP contribution in [0.15, 0.2) is 36.4 Å². The summed E-state index contributed by atoms with van der Waals surface area (Å²) in [6.45, 7) is 0. The number of nitrogens with zero attached hydrogens (tertiary/aromatic N) is 1. The Morgan fingerprint density at radius 3 is 2.61 bits per heavy atom. The van der Waals surface area contributed by atoms with Gasteiger partial charge in [-0.15, -0.1) is 0 Å². The lowest BCUT2D eigenvalue weighted by Crippen LogP contribution is -1.96. The number of aromatic carboxylic acids is 1. The molecule has 23 heavy (non-hydrogen) atoms. The van der Waals surface area contributed by atoms with Crippen molar-refractivity contribution in [2.75, 3.05) is 14.2 Å². The molecule has 6 nitrogen and oxygen atoms in total. The highest BCUT2D eigenvalue weighted by atomic mass is 16.5. The molecule has 3 aromatic rings. The first-order chi connectivity index (χ1) is 11.1. The van der Waals surface area contributed by atoms with Crippen LogP contribution in [0, 0.1) is 0 Å². The molecule has 6 heteroatoms. The summed E-state index contributed by atoms with van der Waals surface area (Å²) < 4.78 is 10.5. The molecule has 0 atom stereocenters. The highest BCUT2D eigenvalue weighted by Crippen LogP contribution is 2.29. The second-order valence-corrected chi connectivity index (χ2v) is 5.11. The number of methoxy groups -OCH3 is 2. The lowest BCUT2D eigenvalue weighted by atomic mass is 10.0. The van der Waals surface area contributed by atoms with Gasteiger partial charge in [-0.1, -0.05) is 6.07 Å². The summed E-state index contributed by atoms with van der Waals surface area (Å²) in [7, 11) is 3.18. The number of carboxylic acid groups (broad SMARTS) is 1. The van der Waals surface area contributed by atoms with Gasteiger partial charge in [0, 0.05) is 17.5 Å². The second-order valence-electron chi connectivity index (χ2n) is 5.11. The number of hydrogen-bond acceptors (Lipinski definition) is 4. The highest BCUT2D eigenvalue weighted by Gasteiger charge is 2.11. The van der Waals surface area contributed by atoms with Crippen molar-refractivity contribution in [2.24, 2.45) is 0 Å². The topological polar surface area (TPSA) is 84.4 Å². The summed E-state index contributed by atoms with van der Waals surface area (Å²) in [5.41, 5.74) is 2.85. The lowest BCUT2D eigenvalue weighted by Gasteiger charge is -2.09. The first-order valence-corrected chi connectivity index (χ1v) is 7.03. The molecule has 0 radical (unpaired) electrons. The largest absolute Gasteiger partial charge is 0.493 e. The van der Waals surface area contributed by atoms with Crippen LogP contribution in [0.2, 0.25) is 0 Å². The Hall–Kier alpha value is -3.02. The zero-order valence-corrected chi connectivity index (χ0v) is 12.8. The number of rotatable bonds is 5. The van der Waals surface area contributed by atoms with E-state index in [0.29, 0.717) is 17.9 Å². The smallest absolute Gasteiger partial charge is 0.335 e. The summed E-state index contributed by atoms with van der Waals surface area (Å²) >= 11 is 0. The van der Waals surface area contributed by atoms with Crippen LogP contribution >= 0.6 is 0 Å². The number of fused-ring (bicyclic) bond motifs is 1. The number of benzene rings is 2. The van der Waals surface area contributed by atoms with E-state index in [1.807, 2.05) is 18.2 Å². The van der Waals surface area contributed by atoms with Gasteiger partial charge in [-0.05, 0) is 35.9 Å².